The normalized spacial score (nSPS) is 30.9. The summed E-state index contributed by atoms with van der Waals surface area (Å²) in [4.78, 5) is 1.22. The Morgan fingerprint density at radius 1 is 1.12 bits per heavy atom. The summed E-state index contributed by atoms with van der Waals surface area (Å²) in [5.74, 6) is 0. The number of likely N-dealkylation sites (tertiary alicyclic amines) is 1. The summed E-state index contributed by atoms with van der Waals surface area (Å²) in [5.41, 5.74) is 0. The summed E-state index contributed by atoms with van der Waals surface area (Å²) < 4.78 is 34.6. The van der Waals surface area contributed by atoms with E-state index in [4.69, 9.17) is 9.66 Å². The Balaban J connectivity index is 2.89. The number of hydrogen-bond donors (Lipinski definition) is 8. The predicted molar refractivity (Wildman–Crippen MR) is 76.0 cm³/mol. The van der Waals surface area contributed by atoms with Gasteiger partial charge in [0, 0.05) is 13.1 Å². The van der Waals surface area contributed by atoms with Crippen molar-refractivity contribution in [3.8, 4) is 0 Å². The summed E-state index contributed by atoms with van der Waals surface area (Å²) in [6.07, 6.45) is -10.3. The molecule has 1 aliphatic rings. The molecule has 0 unspecified atom stereocenters. The number of β-amino-alcohol motifs (C(OH)–C–C–N with tert-alkyl or cyclic N) is 2. The van der Waals surface area contributed by atoms with Gasteiger partial charge in [-0.15, -0.1) is 0 Å². The van der Waals surface area contributed by atoms with Gasteiger partial charge >= 0.3 is 10.4 Å². The van der Waals surface area contributed by atoms with Crippen molar-refractivity contribution in [3.05, 3.63) is 0 Å². The van der Waals surface area contributed by atoms with Crippen molar-refractivity contribution in [2.75, 3.05) is 26.3 Å². The molecule has 13 heteroatoms. The lowest BCUT2D eigenvalue weighted by Crippen LogP contribution is -2.53. The number of rotatable bonds is 9. The highest BCUT2D eigenvalue weighted by molar-refractivity contribution is 7.80. The number of hydrogen-bond acceptors (Lipinski definition) is 11. The Morgan fingerprint density at radius 2 is 1.71 bits per heavy atom. The lowest BCUT2D eigenvalue weighted by Gasteiger charge is -2.32. The molecule has 1 rings (SSSR count). The first-order valence-electron chi connectivity index (χ1n) is 7.03. The van der Waals surface area contributed by atoms with Crippen molar-refractivity contribution in [2.24, 2.45) is 0 Å². The molecule has 0 amide bonds. The maximum Gasteiger partial charge on any atom is 0.397 e. The van der Waals surface area contributed by atoms with Crippen molar-refractivity contribution in [2.45, 2.75) is 42.7 Å². The summed E-state index contributed by atoms with van der Waals surface area (Å²) in [7, 11) is -5.11. The fraction of sp³-hybridized carbons (Fsp3) is 1.00. The molecular formula is C11H23NO11S. The van der Waals surface area contributed by atoms with Crippen LogP contribution in [0, 0.1) is 0 Å². The molecule has 144 valence electrons. The Labute approximate surface area is 138 Å². The van der Waals surface area contributed by atoms with Crippen LogP contribution in [0.25, 0.3) is 0 Å². The quantitative estimate of drug-likeness (QED) is 0.177. The van der Waals surface area contributed by atoms with Crippen molar-refractivity contribution < 1.29 is 52.9 Å². The molecular weight excluding hydrogens is 354 g/mol. The van der Waals surface area contributed by atoms with Crippen LogP contribution in [0.1, 0.15) is 0 Å². The maximum atomic E-state index is 10.9. The zero-order chi connectivity index (χ0) is 18.7. The summed E-state index contributed by atoms with van der Waals surface area (Å²) in [6, 6.07) is -0.957. The van der Waals surface area contributed by atoms with Gasteiger partial charge in [0.25, 0.3) is 0 Å². The second kappa shape index (κ2) is 8.77. The molecule has 1 fully saturated rings. The van der Waals surface area contributed by atoms with Gasteiger partial charge in [-0.2, -0.15) is 8.42 Å². The van der Waals surface area contributed by atoms with E-state index in [1.54, 1.807) is 0 Å². The molecule has 0 bridgehead atoms. The van der Waals surface area contributed by atoms with Crippen LogP contribution in [0.2, 0.25) is 0 Å². The summed E-state index contributed by atoms with van der Waals surface area (Å²) >= 11 is 0. The molecule has 0 spiro atoms. The van der Waals surface area contributed by atoms with Crippen molar-refractivity contribution in [3.63, 3.8) is 0 Å². The van der Waals surface area contributed by atoms with Crippen LogP contribution in [0.4, 0.5) is 0 Å². The standard InChI is InChI=1S/C11H23NO11S/c13-3-5-9(18)6(15)1-12(5)2-7(16)11(23-24(20,21)22)10(19)8(17)4-14/h5-11,13-19H,1-4H2,(H,20,21,22)/t5-,6-,7-,8+,9-,10+,11+/m0/s1. The molecule has 0 aromatic heterocycles. The van der Waals surface area contributed by atoms with E-state index in [-0.39, 0.29) is 6.54 Å². The topological polar surface area (TPSA) is 208 Å². The van der Waals surface area contributed by atoms with Gasteiger partial charge in [0.2, 0.25) is 0 Å². The molecule has 7 atom stereocenters. The molecule has 0 aliphatic carbocycles. The Kier molecular flexibility index (Phi) is 7.89. The number of nitrogens with zero attached hydrogens (tertiary/aromatic N) is 1. The van der Waals surface area contributed by atoms with Gasteiger partial charge in [0.15, 0.2) is 0 Å². The molecule has 0 saturated carbocycles. The Morgan fingerprint density at radius 3 is 2.17 bits per heavy atom. The number of aliphatic hydroxyl groups is 7. The minimum absolute atomic E-state index is 0.166. The van der Waals surface area contributed by atoms with E-state index in [0.717, 1.165) is 0 Å². The van der Waals surface area contributed by atoms with Crippen LogP contribution in [0.3, 0.4) is 0 Å². The van der Waals surface area contributed by atoms with Gasteiger partial charge in [-0.25, -0.2) is 4.18 Å². The van der Waals surface area contributed by atoms with Crippen LogP contribution in [0.5, 0.6) is 0 Å². The lowest BCUT2D eigenvalue weighted by molar-refractivity contribution is -0.111. The second-order valence-corrected chi connectivity index (χ2v) is 6.61. The zero-order valence-electron chi connectivity index (χ0n) is 12.5. The van der Waals surface area contributed by atoms with Gasteiger partial charge < -0.3 is 35.7 Å². The molecule has 8 N–H and O–H groups in total. The highest BCUT2D eigenvalue weighted by Crippen LogP contribution is 2.21. The van der Waals surface area contributed by atoms with E-state index in [2.05, 4.69) is 4.18 Å². The Hall–Kier alpha value is -0.450. The third-order valence-corrected chi connectivity index (χ3v) is 4.28. The third-order valence-electron chi connectivity index (χ3n) is 3.82. The van der Waals surface area contributed by atoms with E-state index in [1.165, 1.54) is 4.90 Å². The van der Waals surface area contributed by atoms with E-state index in [0.29, 0.717) is 0 Å². The Bertz CT molecular complexity index is 488. The monoisotopic (exact) mass is 377 g/mol. The fourth-order valence-electron chi connectivity index (χ4n) is 2.55. The third kappa shape index (κ3) is 5.53. The zero-order valence-corrected chi connectivity index (χ0v) is 13.3. The van der Waals surface area contributed by atoms with Crippen LogP contribution in [-0.4, -0.2) is 123 Å². The predicted octanol–water partition coefficient (Wildman–Crippen LogP) is -5.35. The van der Waals surface area contributed by atoms with Gasteiger partial charge in [-0.3, -0.25) is 9.45 Å². The first kappa shape index (κ1) is 21.6. The average Bonchev–Trinajstić information content (AvgIpc) is 2.76. The maximum absolute atomic E-state index is 10.9. The minimum Gasteiger partial charge on any atom is -0.395 e. The highest BCUT2D eigenvalue weighted by Gasteiger charge is 2.43. The molecule has 1 aliphatic heterocycles. The van der Waals surface area contributed by atoms with Crippen molar-refractivity contribution in [1.29, 1.82) is 0 Å². The van der Waals surface area contributed by atoms with Gasteiger partial charge in [-0.1, -0.05) is 0 Å². The van der Waals surface area contributed by atoms with E-state index < -0.39 is 72.8 Å². The highest BCUT2D eigenvalue weighted by atomic mass is 32.3. The molecule has 12 nitrogen and oxygen atoms in total. The fourth-order valence-corrected chi connectivity index (χ4v) is 3.07. The van der Waals surface area contributed by atoms with E-state index in [1.807, 2.05) is 0 Å². The second-order valence-electron chi connectivity index (χ2n) is 5.56. The van der Waals surface area contributed by atoms with Crippen molar-refractivity contribution in [1.82, 2.24) is 4.90 Å². The average molecular weight is 377 g/mol. The molecule has 0 radical (unpaired) electrons. The van der Waals surface area contributed by atoms with Gasteiger partial charge in [-0.05, 0) is 0 Å². The van der Waals surface area contributed by atoms with E-state index >= 15 is 0 Å². The van der Waals surface area contributed by atoms with Crippen LogP contribution < -0.4 is 0 Å². The SMILES string of the molecule is O=S(=O)(O)O[C@@H]([C@H](O)[C@H](O)CO)[C@@H](O)CN1C[C@H](O)[C@@H](O)[C@@H]1CO. The molecule has 0 aromatic rings. The molecule has 1 saturated heterocycles. The smallest absolute Gasteiger partial charge is 0.395 e. The van der Waals surface area contributed by atoms with Crippen LogP contribution >= 0.6 is 0 Å². The molecule has 1 heterocycles. The first-order chi connectivity index (χ1) is 11.0. The van der Waals surface area contributed by atoms with E-state index in [9.17, 15) is 39.1 Å². The minimum atomic E-state index is -5.11. The van der Waals surface area contributed by atoms with Gasteiger partial charge in [0.1, 0.15) is 18.3 Å². The van der Waals surface area contributed by atoms with Gasteiger partial charge in [0.05, 0.1) is 37.6 Å². The largest absolute Gasteiger partial charge is 0.397 e. The van der Waals surface area contributed by atoms with Crippen molar-refractivity contribution >= 4 is 10.4 Å². The molecule has 24 heavy (non-hydrogen) atoms. The summed E-state index contributed by atoms with van der Waals surface area (Å²) in [6.45, 7) is -2.19. The van der Waals surface area contributed by atoms with Crippen LogP contribution in [0.15, 0.2) is 0 Å². The molecule has 0 aromatic carbocycles. The lowest BCUT2D eigenvalue weighted by atomic mass is 10.0. The van der Waals surface area contributed by atoms with Crippen LogP contribution in [-0.2, 0) is 14.6 Å². The summed E-state index contributed by atoms with van der Waals surface area (Å²) in [5, 5.41) is 66.5. The first-order valence-corrected chi connectivity index (χ1v) is 8.40. The number of aliphatic hydroxyl groups excluding tert-OH is 7.